The summed E-state index contributed by atoms with van der Waals surface area (Å²) in [5.74, 6) is 1.25. The van der Waals surface area contributed by atoms with Crippen LogP contribution in [0.4, 0.5) is 10.6 Å². The Balaban J connectivity index is 1.34. The number of fused-ring (bicyclic) bond motifs is 1. The number of amides is 2. The van der Waals surface area contributed by atoms with E-state index in [1.165, 1.54) is 0 Å². The number of urea groups is 1. The van der Waals surface area contributed by atoms with Crippen LogP contribution < -0.4 is 15.4 Å². The van der Waals surface area contributed by atoms with Gasteiger partial charge in [0.1, 0.15) is 29.0 Å². The number of rotatable bonds is 4. The lowest BCUT2D eigenvalue weighted by atomic mass is 9.71. The second-order valence-corrected chi connectivity index (χ2v) is 9.55. The molecule has 1 aliphatic carbocycles. The van der Waals surface area contributed by atoms with Gasteiger partial charge < -0.3 is 15.2 Å². The van der Waals surface area contributed by atoms with Crippen LogP contribution in [0, 0.1) is 6.92 Å². The van der Waals surface area contributed by atoms with Crippen molar-refractivity contribution in [2.24, 2.45) is 7.05 Å². The first-order chi connectivity index (χ1) is 17.4. The van der Waals surface area contributed by atoms with Gasteiger partial charge in [-0.2, -0.15) is 10.2 Å². The van der Waals surface area contributed by atoms with Gasteiger partial charge in [0.2, 0.25) is 0 Å². The Kier molecular flexibility index (Phi) is 5.30. The van der Waals surface area contributed by atoms with E-state index in [1.54, 1.807) is 15.6 Å². The summed E-state index contributed by atoms with van der Waals surface area (Å²) >= 11 is 0. The zero-order valence-electron chi connectivity index (χ0n) is 20.2. The van der Waals surface area contributed by atoms with E-state index in [1.807, 2.05) is 74.8 Å². The Morgan fingerprint density at radius 2 is 1.89 bits per heavy atom. The van der Waals surface area contributed by atoms with Gasteiger partial charge in [-0.25, -0.2) is 9.48 Å². The van der Waals surface area contributed by atoms with Gasteiger partial charge in [0.15, 0.2) is 0 Å². The predicted molar refractivity (Wildman–Crippen MR) is 135 cm³/mol. The Bertz CT molecular complexity index is 1420. The summed E-state index contributed by atoms with van der Waals surface area (Å²) in [5, 5.41) is 26.4. The van der Waals surface area contributed by atoms with Crippen molar-refractivity contribution in [1.82, 2.24) is 24.9 Å². The Hall–Kier alpha value is -4.11. The lowest BCUT2D eigenvalue weighted by Gasteiger charge is -2.51. The molecule has 36 heavy (non-hydrogen) atoms. The number of aromatic nitrogens is 4. The highest BCUT2D eigenvalue weighted by Gasteiger charge is 2.53. The average Bonchev–Trinajstić information content (AvgIpc) is 3.43. The number of para-hydroxylation sites is 2. The van der Waals surface area contributed by atoms with Crippen LogP contribution in [0.5, 0.6) is 5.75 Å². The van der Waals surface area contributed by atoms with Crippen molar-refractivity contribution in [1.29, 1.82) is 0 Å². The largest absolute Gasteiger partial charge is 0.484 e. The molecule has 0 bridgehead atoms. The molecule has 1 spiro atoms. The molecule has 2 aromatic heterocycles. The Morgan fingerprint density at radius 1 is 1.14 bits per heavy atom. The molecule has 1 aliphatic heterocycles. The number of carbonyl (C=O) groups excluding carboxylic acids is 1. The summed E-state index contributed by atoms with van der Waals surface area (Å²) in [6.45, 7) is 1.92. The number of anilines is 1. The van der Waals surface area contributed by atoms with Gasteiger partial charge in [-0.3, -0.25) is 10.00 Å². The molecule has 3 heterocycles. The lowest BCUT2D eigenvalue weighted by molar-refractivity contribution is -0.130. The predicted octanol–water partition coefficient (Wildman–Crippen LogP) is 4.12. The van der Waals surface area contributed by atoms with Crippen molar-refractivity contribution in [2.75, 3.05) is 5.32 Å². The van der Waals surface area contributed by atoms with Gasteiger partial charge >= 0.3 is 6.03 Å². The monoisotopic (exact) mass is 484 g/mol. The van der Waals surface area contributed by atoms with E-state index in [0.717, 1.165) is 47.3 Å². The van der Waals surface area contributed by atoms with E-state index in [2.05, 4.69) is 15.7 Å². The molecule has 184 valence electrons. The number of aliphatic hydroxyl groups is 1. The van der Waals surface area contributed by atoms with Crippen LogP contribution in [0.25, 0.3) is 16.9 Å². The van der Waals surface area contributed by atoms with Gasteiger partial charge in [-0.15, -0.1) is 0 Å². The fraction of sp³-hybridized carbons (Fsp3) is 0.296. The molecule has 1 saturated carbocycles. The molecule has 0 saturated heterocycles. The molecule has 1 unspecified atom stereocenters. The fourth-order valence-electron chi connectivity index (χ4n) is 5.16. The molecule has 9 nitrogen and oxygen atoms in total. The number of hydrogen-bond donors (Lipinski definition) is 3. The molecule has 2 amide bonds. The van der Waals surface area contributed by atoms with Crippen molar-refractivity contribution in [3.05, 3.63) is 78.1 Å². The molecule has 6 rings (SSSR count). The van der Waals surface area contributed by atoms with E-state index in [-0.39, 0.29) is 0 Å². The number of aryl methyl sites for hydroxylation is 1. The zero-order valence-corrected chi connectivity index (χ0v) is 20.2. The normalized spacial score (nSPS) is 19.8. The van der Waals surface area contributed by atoms with Gasteiger partial charge in [0, 0.05) is 29.9 Å². The number of carbonyl (C=O) groups is 1. The standard InChI is InChI=1S/C27H28N6O3/c1-17-22(18-15-28-32(2)16-18)31-33(19-9-4-3-5-10-19)25(17)30-26(35)29-23-20-11-6-7-12-21(20)36-27(24(23)34)13-8-14-27/h3-7,9-12,15-16,23-24,34H,8,13-14H2,1-2H3,(H2,29,30,35)/t23?,24-/m1/s1. The molecular formula is C27H28N6O3. The van der Waals surface area contributed by atoms with Crippen LogP contribution in [0.3, 0.4) is 0 Å². The summed E-state index contributed by atoms with van der Waals surface area (Å²) in [6.07, 6.45) is 5.31. The van der Waals surface area contributed by atoms with Gasteiger partial charge in [-0.05, 0) is 44.4 Å². The van der Waals surface area contributed by atoms with Crippen LogP contribution in [0.1, 0.15) is 36.4 Å². The minimum absolute atomic E-state index is 0.428. The maximum absolute atomic E-state index is 13.4. The third kappa shape index (κ3) is 3.63. The number of ether oxygens (including phenoxy) is 1. The van der Waals surface area contributed by atoms with Crippen molar-refractivity contribution < 1.29 is 14.6 Å². The molecule has 2 atom stereocenters. The minimum Gasteiger partial charge on any atom is -0.484 e. The third-order valence-corrected chi connectivity index (χ3v) is 7.24. The summed E-state index contributed by atoms with van der Waals surface area (Å²) in [5.41, 5.74) is 3.32. The molecule has 0 radical (unpaired) electrons. The molecular weight excluding hydrogens is 456 g/mol. The first kappa shape index (κ1) is 22.4. The van der Waals surface area contributed by atoms with Crippen molar-refractivity contribution in [3.63, 3.8) is 0 Å². The number of nitrogens with one attached hydrogen (secondary N) is 2. The van der Waals surface area contributed by atoms with Gasteiger partial charge in [-0.1, -0.05) is 36.4 Å². The van der Waals surface area contributed by atoms with Gasteiger partial charge in [0.25, 0.3) is 0 Å². The van der Waals surface area contributed by atoms with Crippen molar-refractivity contribution in [3.8, 4) is 22.7 Å². The van der Waals surface area contributed by atoms with Crippen LogP contribution in [-0.4, -0.2) is 42.4 Å². The average molecular weight is 485 g/mol. The number of hydrogen-bond acceptors (Lipinski definition) is 5. The maximum Gasteiger partial charge on any atom is 0.320 e. The summed E-state index contributed by atoms with van der Waals surface area (Å²) in [7, 11) is 1.85. The maximum atomic E-state index is 13.4. The highest BCUT2D eigenvalue weighted by atomic mass is 16.5. The highest BCUT2D eigenvalue weighted by molar-refractivity contribution is 5.91. The van der Waals surface area contributed by atoms with Crippen LogP contribution in [0.2, 0.25) is 0 Å². The van der Waals surface area contributed by atoms with Gasteiger partial charge in [0.05, 0.1) is 17.9 Å². The number of benzene rings is 2. The molecule has 4 aromatic rings. The summed E-state index contributed by atoms with van der Waals surface area (Å²) < 4.78 is 9.64. The second-order valence-electron chi connectivity index (χ2n) is 9.55. The lowest BCUT2D eigenvalue weighted by Crippen LogP contribution is -2.60. The SMILES string of the molecule is Cc1c(-c2cnn(C)c2)nn(-c2ccccc2)c1NC(=O)NC1c2ccccc2OC2(CCC2)[C@@H]1O. The number of nitrogens with zero attached hydrogens (tertiary/aromatic N) is 4. The summed E-state index contributed by atoms with van der Waals surface area (Å²) in [6, 6.07) is 16.2. The van der Waals surface area contributed by atoms with E-state index in [4.69, 9.17) is 9.84 Å². The zero-order chi connectivity index (χ0) is 24.9. The Labute approximate surface area is 208 Å². The van der Waals surface area contributed by atoms with E-state index < -0.39 is 23.8 Å². The molecule has 2 aliphatic rings. The first-order valence-electron chi connectivity index (χ1n) is 12.1. The van der Waals surface area contributed by atoms with E-state index in [9.17, 15) is 9.90 Å². The molecule has 2 aromatic carbocycles. The molecule has 3 N–H and O–H groups in total. The molecule has 1 fully saturated rings. The highest BCUT2D eigenvalue weighted by Crippen LogP contribution is 2.49. The van der Waals surface area contributed by atoms with E-state index >= 15 is 0 Å². The second kappa shape index (κ2) is 8.53. The topological polar surface area (TPSA) is 106 Å². The number of aliphatic hydroxyl groups excluding tert-OH is 1. The smallest absolute Gasteiger partial charge is 0.320 e. The minimum atomic E-state index is -0.849. The van der Waals surface area contributed by atoms with Crippen molar-refractivity contribution in [2.45, 2.75) is 43.9 Å². The van der Waals surface area contributed by atoms with Crippen molar-refractivity contribution >= 4 is 11.8 Å². The van der Waals surface area contributed by atoms with Crippen LogP contribution in [0.15, 0.2) is 67.0 Å². The fourth-order valence-corrected chi connectivity index (χ4v) is 5.16. The van der Waals surface area contributed by atoms with Crippen LogP contribution in [-0.2, 0) is 7.05 Å². The van der Waals surface area contributed by atoms with Crippen LogP contribution >= 0.6 is 0 Å². The first-order valence-corrected chi connectivity index (χ1v) is 12.1. The Morgan fingerprint density at radius 3 is 2.58 bits per heavy atom. The van der Waals surface area contributed by atoms with E-state index in [0.29, 0.717) is 11.6 Å². The molecule has 9 heteroatoms. The summed E-state index contributed by atoms with van der Waals surface area (Å²) in [4.78, 5) is 13.4. The quantitative estimate of drug-likeness (QED) is 0.404. The third-order valence-electron chi connectivity index (χ3n) is 7.24.